The summed E-state index contributed by atoms with van der Waals surface area (Å²) in [5.41, 5.74) is 1.46. The molecule has 1 saturated carbocycles. The van der Waals surface area contributed by atoms with Gasteiger partial charge in [0.15, 0.2) is 0 Å². The Morgan fingerprint density at radius 1 is 1.42 bits per heavy atom. The molecule has 0 spiro atoms. The molecule has 0 radical (unpaired) electrons. The quantitative estimate of drug-likeness (QED) is 0.872. The van der Waals surface area contributed by atoms with E-state index in [4.69, 9.17) is 16.3 Å². The first-order valence-electron chi connectivity index (χ1n) is 8.02. The monoisotopic (exact) mass is 344 g/mol. The molecule has 2 unspecified atom stereocenters. The largest absolute Gasteiger partial charge is 0.372 e. The van der Waals surface area contributed by atoms with Crippen LogP contribution >= 0.6 is 11.6 Å². The zero-order chi connectivity index (χ0) is 17.2. The summed E-state index contributed by atoms with van der Waals surface area (Å²) in [6, 6.07) is 11.5. The predicted molar refractivity (Wildman–Crippen MR) is 93.9 cm³/mol. The van der Waals surface area contributed by atoms with Gasteiger partial charge in [0.1, 0.15) is 5.60 Å². The summed E-state index contributed by atoms with van der Waals surface area (Å²) in [6.07, 6.45) is 4.46. The van der Waals surface area contributed by atoms with E-state index in [1.807, 2.05) is 49.5 Å². The molecule has 4 nitrogen and oxygen atoms in total. The first kappa shape index (κ1) is 16.9. The summed E-state index contributed by atoms with van der Waals surface area (Å²) < 4.78 is 5.66. The van der Waals surface area contributed by atoms with Gasteiger partial charge in [0.05, 0.1) is 6.54 Å². The minimum absolute atomic E-state index is 0.0228. The van der Waals surface area contributed by atoms with Crippen molar-refractivity contribution >= 4 is 17.5 Å². The third-order valence-electron chi connectivity index (χ3n) is 4.73. The maximum absolute atomic E-state index is 12.4. The average Bonchev–Trinajstić information content (AvgIpc) is 3.41. The fraction of sp³-hybridized carbons (Fsp3) is 0.368. The van der Waals surface area contributed by atoms with E-state index in [1.165, 1.54) is 0 Å². The van der Waals surface area contributed by atoms with Crippen molar-refractivity contribution in [2.24, 2.45) is 5.92 Å². The lowest BCUT2D eigenvalue weighted by Gasteiger charge is -2.29. The Kier molecular flexibility index (Phi) is 4.88. The number of benzene rings is 1. The Balaban J connectivity index is 1.61. The van der Waals surface area contributed by atoms with Crippen molar-refractivity contribution in [1.29, 1.82) is 0 Å². The number of carbonyl (C=O) groups is 1. The van der Waals surface area contributed by atoms with E-state index in [9.17, 15) is 4.79 Å². The summed E-state index contributed by atoms with van der Waals surface area (Å²) in [5, 5.41) is 3.68. The number of hydrogen-bond donors (Lipinski definition) is 1. The van der Waals surface area contributed by atoms with Gasteiger partial charge in [0, 0.05) is 30.4 Å². The van der Waals surface area contributed by atoms with Crippen LogP contribution in [-0.2, 0) is 15.1 Å². The number of ether oxygens (including phenoxy) is 1. The maximum atomic E-state index is 12.4. The second-order valence-corrected chi connectivity index (χ2v) is 6.83. The molecule has 0 saturated heterocycles. The van der Waals surface area contributed by atoms with Gasteiger partial charge in [-0.05, 0) is 48.6 Å². The number of methoxy groups -OCH3 is 1. The number of rotatable bonds is 6. The maximum Gasteiger partial charge on any atom is 0.223 e. The van der Waals surface area contributed by atoms with Gasteiger partial charge in [-0.15, -0.1) is 0 Å². The third-order valence-corrected chi connectivity index (χ3v) is 4.96. The van der Waals surface area contributed by atoms with Gasteiger partial charge in [-0.25, -0.2) is 0 Å². The number of hydrogen-bond acceptors (Lipinski definition) is 3. The molecule has 5 heteroatoms. The normalized spacial score (nSPS) is 21.8. The van der Waals surface area contributed by atoms with Crippen LogP contribution in [-0.4, -0.2) is 24.5 Å². The topological polar surface area (TPSA) is 51.2 Å². The highest BCUT2D eigenvalue weighted by molar-refractivity contribution is 6.30. The highest BCUT2D eigenvalue weighted by atomic mass is 35.5. The molecule has 126 valence electrons. The molecule has 3 atom stereocenters. The van der Waals surface area contributed by atoms with Gasteiger partial charge >= 0.3 is 0 Å². The molecular weight excluding hydrogens is 324 g/mol. The van der Waals surface area contributed by atoms with Crippen LogP contribution in [0.3, 0.4) is 0 Å². The Hall–Kier alpha value is -1.91. The van der Waals surface area contributed by atoms with E-state index in [1.54, 1.807) is 13.3 Å². The highest BCUT2D eigenvalue weighted by Gasteiger charge is 2.44. The van der Waals surface area contributed by atoms with Gasteiger partial charge in [-0.2, -0.15) is 0 Å². The molecule has 2 aromatic rings. The summed E-state index contributed by atoms with van der Waals surface area (Å²) in [7, 11) is 1.64. The van der Waals surface area contributed by atoms with E-state index in [-0.39, 0.29) is 17.7 Å². The fourth-order valence-electron chi connectivity index (χ4n) is 2.94. The fourth-order valence-corrected chi connectivity index (χ4v) is 3.14. The first-order chi connectivity index (χ1) is 11.5. The van der Waals surface area contributed by atoms with Crippen molar-refractivity contribution in [3.05, 3.63) is 64.9 Å². The molecule has 0 bridgehead atoms. The molecule has 3 rings (SSSR count). The number of nitrogens with zero attached hydrogens (tertiary/aromatic N) is 1. The lowest BCUT2D eigenvalue weighted by Crippen LogP contribution is -2.40. The lowest BCUT2D eigenvalue weighted by atomic mass is 9.95. The summed E-state index contributed by atoms with van der Waals surface area (Å²) >= 11 is 6.07. The van der Waals surface area contributed by atoms with Gasteiger partial charge in [0.2, 0.25) is 5.91 Å². The molecule has 0 aliphatic heterocycles. The first-order valence-corrected chi connectivity index (χ1v) is 8.40. The Labute approximate surface area is 147 Å². The number of carbonyl (C=O) groups excluding carboxylic acids is 1. The van der Waals surface area contributed by atoms with Crippen LogP contribution in [0.1, 0.15) is 30.4 Å². The standard InChI is InChI=1S/C19H21ClN2O2/c1-19(24-2,14-6-3-7-15(20)9-14)12-22-18(23)17-10-16(17)13-5-4-8-21-11-13/h3-9,11,16-17H,10,12H2,1-2H3,(H,22,23)/t16?,17?,19-/m0/s1. The number of pyridine rings is 1. The minimum atomic E-state index is -0.612. The molecule has 1 N–H and O–H groups in total. The molecule has 1 aromatic heterocycles. The Morgan fingerprint density at radius 2 is 2.25 bits per heavy atom. The van der Waals surface area contributed by atoms with Gasteiger partial charge < -0.3 is 10.1 Å². The van der Waals surface area contributed by atoms with Crippen molar-refractivity contribution in [2.75, 3.05) is 13.7 Å². The molecule has 1 amide bonds. The van der Waals surface area contributed by atoms with Crippen LogP contribution in [0.25, 0.3) is 0 Å². The smallest absolute Gasteiger partial charge is 0.223 e. The molecule has 1 aliphatic carbocycles. The Morgan fingerprint density at radius 3 is 2.92 bits per heavy atom. The second-order valence-electron chi connectivity index (χ2n) is 6.40. The van der Waals surface area contributed by atoms with Crippen LogP contribution in [0.4, 0.5) is 0 Å². The van der Waals surface area contributed by atoms with E-state index in [0.29, 0.717) is 11.6 Å². The number of aromatic nitrogens is 1. The lowest BCUT2D eigenvalue weighted by molar-refractivity contribution is -0.124. The summed E-state index contributed by atoms with van der Waals surface area (Å²) in [6.45, 7) is 2.35. The molecule has 1 fully saturated rings. The number of nitrogens with one attached hydrogen (secondary N) is 1. The summed E-state index contributed by atoms with van der Waals surface area (Å²) in [5.74, 6) is 0.363. The van der Waals surface area contributed by atoms with Crippen molar-refractivity contribution in [1.82, 2.24) is 10.3 Å². The SMILES string of the molecule is CO[C@@](C)(CNC(=O)C1CC1c1cccnc1)c1cccc(Cl)c1. The molecule has 1 heterocycles. The van der Waals surface area contributed by atoms with Gasteiger partial charge in [-0.1, -0.05) is 29.8 Å². The van der Waals surface area contributed by atoms with E-state index >= 15 is 0 Å². The number of halogens is 1. The zero-order valence-corrected chi connectivity index (χ0v) is 14.6. The average molecular weight is 345 g/mol. The van der Waals surface area contributed by atoms with Crippen LogP contribution in [0, 0.1) is 5.92 Å². The van der Waals surface area contributed by atoms with Crippen LogP contribution in [0.2, 0.25) is 5.02 Å². The van der Waals surface area contributed by atoms with Crippen LogP contribution < -0.4 is 5.32 Å². The predicted octanol–water partition coefficient (Wildman–Crippen LogP) is 3.52. The molecule has 1 aliphatic rings. The van der Waals surface area contributed by atoms with Crippen molar-refractivity contribution in [3.63, 3.8) is 0 Å². The number of amides is 1. The van der Waals surface area contributed by atoms with Crippen LogP contribution in [0.15, 0.2) is 48.8 Å². The van der Waals surface area contributed by atoms with E-state index in [2.05, 4.69) is 10.3 Å². The van der Waals surface area contributed by atoms with Crippen molar-refractivity contribution in [2.45, 2.75) is 24.9 Å². The minimum Gasteiger partial charge on any atom is -0.372 e. The van der Waals surface area contributed by atoms with E-state index < -0.39 is 5.60 Å². The zero-order valence-electron chi connectivity index (χ0n) is 13.8. The Bertz CT molecular complexity index is 722. The third kappa shape index (κ3) is 3.60. The van der Waals surface area contributed by atoms with Crippen molar-refractivity contribution in [3.8, 4) is 0 Å². The van der Waals surface area contributed by atoms with Crippen LogP contribution in [0.5, 0.6) is 0 Å². The van der Waals surface area contributed by atoms with Gasteiger partial charge in [-0.3, -0.25) is 9.78 Å². The summed E-state index contributed by atoms with van der Waals surface area (Å²) in [4.78, 5) is 16.6. The van der Waals surface area contributed by atoms with Crippen molar-refractivity contribution < 1.29 is 9.53 Å². The molecular formula is C19H21ClN2O2. The van der Waals surface area contributed by atoms with E-state index in [0.717, 1.165) is 17.5 Å². The molecule has 1 aromatic carbocycles. The van der Waals surface area contributed by atoms with Gasteiger partial charge in [0.25, 0.3) is 0 Å². The highest BCUT2D eigenvalue weighted by Crippen LogP contribution is 2.47. The second kappa shape index (κ2) is 6.91. The molecule has 24 heavy (non-hydrogen) atoms.